The highest BCUT2D eigenvalue weighted by molar-refractivity contribution is 5.76. The number of hydrogen-bond acceptors (Lipinski definition) is 5. The summed E-state index contributed by atoms with van der Waals surface area (Å²) in [6, 6.07) is 7.70. The molecule has 1 fully saturated rings. The first-order chi connectivity index (χ1) is 10.3. The number of rotatable bonds is 4. The van der Waals surface area contributed by atoms with Crippen molar-refractivity contribution >= 4 is 17.0 Å². The van der Waals surface area contributed by atoms with E-state index < -0.39 is 0 Å². The molecule has 0 bridgehead atoms. The summed E-state index contributed by atoms with van der Waals surface area (Å²) in [6.07, 6.45) is 3.02. The van der Waals surface area contributed by atoms with E-state index >= 15 is 0 Å². The number of likely N-dealkylation sites (tertiary alicyclic amines) is 1. The SMILES string of the molecule is CCOC(=O)C1CCCCN1Cn1nnc2ccccc21. The van der Waals surface area contributed by atoms with E-state index in [1.165, 1.54) is 0 Å². The summed E-state index contributed by atoms with van der Waals surface area (Å²) >= 11 is 0. The lowest BCUT2D eigenvalue weighted by atomic mass is 10.0. The average molecular weight is 288 g/mol. The van der Waals surface area contributed by atoms with E-state index in [-0.39, 0.29) is 12.0 Å². The Balaban J connectivity index is 1.79. The second-order valence-corrected chi connectivity index (χ2v) is 5.30. The van der Waals surface area contributed by atoms with Gasteiger partial charge in [-0.25, -0.2) is 4.68 Å². The van der Waals surface area contributed by atoms with Crippen molar-refractivity contribution in [2.75, 3.05) is 13.2 Å². The van der Waals surface area contributed by atoms with Crippen molar-refractivity contribution in [1.82, 2.24) is 19.9 Å². The lowest BCUT2D eigenvalue weighted by Gasteiger charge is -2.33. The van der Waals surface area contributed by atoms with E-state index in [1.54, 1.807) is 0 Å². The molecule has 112 valence electrons. The fraction of sp³-hybridized carbons (Fsp3) is 0.533. The summed E-state index contributed by atoms with van der Waals surface area (Å²) in [6.45, 7) is 3.73. The minimum atomic E-state index is -0.165. The molecule has 21 heavy (non-hydrogen) atoms. The van der Waals surface area contributed by atoms with Crippen molar-refractivity contribution in [3.63, 3.8) is 0 Å². The Bertz CT molecular complexity index is 625. The molecule has 1 saturated heterocycles. The van der Waals surface area contributed by atoms with Gasteiger partial charge in [0.15, 0.2) is 0 Å². The van der Waals surface area contributed by atoms with Gasteiger partial charge in [-0.3, -0.25) is 9.69 Å². The number of ether oxygens (including phenoxy) is 1. The molecule has 0 spiro atoms. The number of carbonyl (C=O) groups excluding carboxylic acids is 1. The second kappa shape index (κ2) is 6.22. The minimum Gasteiger partial charge on any atom is -0.465 e. The summed E-state index contributed by atoms with van der Waals surface area (Å²) in [5.41, 5.74) is 1.87. The number of aromatic nitrogens is 3. The smallest absolute Gasteiger partial charge is 0.323 e. The zero-order valence-corrected chi connectivity index (χ0v) is 12.2. The Morgan fingerprint density at radius 2 is 2.24 bits per heavy atom. The van der Waals surface area contributed by atoms with Crippen LogP contribution in [-0.2, 0) is 16.2 Å². The highest BCUT2D eigenvalue weighted by Crippen LogP contribution is 2.20. The first-order valence-electron chi connectivity index (χ1n) is 7.48. The molecule has 1 aromatic heterocycles. The largest absolute Gasteiger partial charge is 0.465 e. The molecule has 2 heterocycles. The summed E-state index contributed by atoms with van der Waals surface area (Å²) in [7, 11) is 0. The molecule has 6 nitrogen and oxygen atoms in total. The number of fused-ring (bicyclic) bond motifs is 1. The maximum absolute atomic E-state index is 12.1. The summed E-state index contributed by atoms with van der Waals surface area (Å²) < 4.78 is 7.05. The van der Waals surface area contributed by atoms with E-state index in [0.717, 1.165) is 36.8 Å². The van der Waals surface area contributed by atoms with Crippen molar-refractivity contribution in [3.05, 3.63) is 24.3 Å². The van der Waals surface area contributed by atoms with E-state index in [1.807, 2.05) is 35.9 Å². The number of para-hydroxylation sites is 1. The van der Waals surface area contributed by atoms with Crippen LogP contribution in [0.25, 0.3) is 11.0 Å². The van der Waals surface area contributed by atoms with Gasteiger partial charge in [0, 0.05) is 6.54 Å². The lowest BCUT2D eigenvalue weighted by Crippen LogP contribution is -2.46. The van der Waals surface area contributed by atoms with Gasteiger partial charge in [0.1, 0.15) is 11.6 Å². The van der Waals surface area contributed by atoms with Crippen LogP contribution in [0, 0.1) is 0 Å². The van der Waals surface area contributed by atoms with Gasteiger partial charge in [-0.1, -0.05) is 23.8 Å². The second-order valence-electron chi connectivity index (χ2n) is 5.30. The summed E-state index contributed by atoms with van der Waals surface area (Å²) in [5.74, 6) is -0.123. The van der Waals surface area contributed by atoms with Gasteiger partial charge < -0.3 is 4.74 Å². The molecular formula is C15H20N4O2. The minimum absolute atomic E-state index is 0.123. The average Bonchev–Trinajstić information content (AvgIpc) is 2.91. The van der Waals surface area contributed by atoms with Crippen LogP contribution in [0.3, 0.4) is 0 Å². The normalized spacial score (nSPS) is 19.8. The summed E-state index contributed by atoms with van der Waals surface area (Å²) in [5, 5.41) is 8.36. The van der Waals surface area contributed by atoms with E-state index in [2.05, 4.69) is 15.2 Å². The Morgan fingerprint density at radius 1 is 1.38 bits per heavy atom. The van der Waals surface area contributed by atoms with Crippen molar-refractivity contribution in [2.45, 2.75) is 38.9 Å². The maximum atomic E-state index is 12.1. The fourth-order valence-corrected chi connectivity index (χ4v) is 2.86. The van der Waals surface area contributed by atoms with Crippen LogP contribution in [-0.4, -0.2) is 45.1 Å². The van der Waals surface area contributed by atoms with Crippen LogP contribution >= 0.6 is 0 Å². The Hall–Kier alpha value is -1.95. The fourth-order valence-electron chi connectivity index (χ4n) is 2.86. The molecule has 1 atom stereocenters. The lowest BCUT2D eigenvalue weighted by molar-refractivity contribution is -0.151. The molecule has 0 N–H and O–H groups in total. The zero-order valence-electron chi connectivity index (χ0n) is 12.2. The van der Waals surface area contributed by atoms with E-state index in [4.69, 9.17) is 4.74 Å². The molecule has 0 radical (unpaired) electrons. The van der Waals surface area contributed by atoms with E-state index in [0.29, 0.717) is 13.3 Å². The molecule has 6 heteroatoms. The molecule has 1 aromatic carbocycles. The Labute approximate surface area is 123 Å². The van der Waals surface area contributed by atoms with Crippen LogP contribution in [0.5, 0.6) is 0 Å². The number of esters is 1. The maximum Gasteiger partial charge on any atom is 0.323 e. The van der Waals surface area contributed by atoms with Crippen LogP contribution in [0.1, 0.15) is 26.2 Å². The monoisotopic (exact) mass is 288 g/mol. The molecule has 2 aromatic rings. The van der Waals surface area contributed by atoms with Gasteiger partial charge >= 0.3 is 5.97 Å². The van der Waals surface area contributed by atoms with Crippen LogP contribution in [0.4, 0.5) is 0 Å². The van der Waals surface area contributed by atoms with E-state index in [9.17, 15) is 4.79 Å². The third-order valence-electron chi connectivity index (χ3n) is 3.91. The van der Waals surface area contributed by atoms with Crippen molar-refractivity contribution in [1.29, 1.82) is 0 Å². The molecular weight excluding hydrogens is 268 g/mol. The van der Waals surface area contributed by atoms with Gasteiger partial charge in [0.25, 0.3) is 0 Å². The first-order valence-corrected chi connectivity index (χ1v) is 7.48. The molecule has 1 aliphatic heterocycles. The highest BCUT2D eigenvalue weighted by atomic mass is 16.5. The highest BCUT2D eigenvalue weighted by Gasteiger charge is 2.30. The van der Waals surface area contributed by atoms with Gasteiger partial charge in [-0.2, -0.15) is 0 Å². The van der Waals surface area contributed by atoms with Gasteiger partial charge in [0.2, 0.25) is 0 Å². The molecule has 0 amide bonds. The number of carbonyl (C=O) groups is 1. The third kappa shape index (κ3) is 2.90. The third-order valence-corrected chi connectivity index (χ3v) is 3.91. The van der Waals surface area contributed by atoms with Crippen LogP contribution in [0.15, 0.2) is 24.3 Å². The van der Waals surface area contributed by atoms with Crippen LogP contribution < -0.4 is 0 Å². The molecule has 0 aliphatic carbocycles. The van der Waals surface area contributed by atoms with Gasteiger partial charge in [0.05, 0.1) is 18.8 Å². The Morgan fingerprint density at radius 3 is 3.10 bits per heavy atom. The van der Waals surface area contributed by atoms with Crippen LogP contribution in [0.2, 0.25) is 0 Å². The van der Waals surface area contributed by atoms with Gasteiger partial charge in [-0.05, 0) is 31.9 Å². The number of hydrogen-bond donors (Lipinski definition) is 0. The zero-order chi connectivity index (χ0) is 14.7. The number of benzene rings is 1. The van der Waals surface area contributed by atoms with Crippen molar-refractivity contribution in [3.8, 4) is 0 Å². The Kier molecular flexibility index (Phi) is 4.15. The number of nitrogens with zero attached hydrogens (tertiary/aromatic N) is 4. The first kappa shape index (κ1) is 14.0. The summed E-state index contributed by atoms with van der Waals surface area (Å²) in [4.78, 5) is 14.2. The standard InChI is InChI=1S/C15H20N4O2/c1-2-21-15(20)14-9-5-6-10-18(14)11-19-13-8-4-3-7-12(13)16-17-19/h3-4,7-8,14H,2,5-6,9-11H2,1H3. The predicted molar refractivity (Wildman–Crippen MR) is 78.5 cm³/mol. The van der Waals surface area contributed by atoms with Gasteiger partial charge in [-0.15, -0.1) is 5.10 Å². The predicted octanol–water partition coefficient (Wildman–Crippen LogP) is 1.81. The molecule has 1 aliphatic rings. The number of piperidine rings is 1. The topological polar surface area (TPSA) is 60.2 Å². The molecule has 1 unspecified atom stereocenters. The molecule has 3 rings (SSSR count). The quantitative estimate of drug-likeness (QED) is 0.803. The van der Waals surface area contributed by atoms with Crippen molar-refractivity contribution in [2.24, 2.45) is 0 Å². The molecule has 0 saturated carbocycles. The van der Waals surface area contributed by atoms with Crippen molar-refractivity contribution < 1.29 is 9.53 Å².